The predicted octanol–water partition coefficient (Wildman–Crippen LogP) is 13.4. The van der Waals surface area contributed by atoms with Crippen LogP contribution in [0.15, 0.2) is 182 Å². The van der Waals surface area contributed by atoms with Crippen molar-refractivity contribution >= 4 is 21.5 Å². The van der Waals surface area contributed by atoms with Gasteiger partial charge in [-0.15, -0.1) is 0 Å². The van der Waals surface area contributed by atoms with Crippen molar-refractivity contribution in [1.29, 1.82) is 0 Å². The zero-order valence-electron chi connectivity index (χ0n) is 39.3. The maximum atomic E-state index is 10.3. The molecule has 1 unspecified atom stereocenters. The van der Waals surface area contributed by atoms with E-state index in [1.807, 2.05) is 84.9 Å². The molecule has 0 fully saturated rings. The average molecular weight is 671 g/mol. The lowest BCUT2D eigenvalue weighted by atomic mass is 9.70. The third-order valence-electron chi connectivity index (χ3n) is 11.0. The summed E-state index contributed by atoms with van der Waals surface area (Å²) < 4.78 is 115. The molecule has 240 valence electrons. The minimum absolute atomic E-state index is 0.0628. The van der Waals surface area contributed by atoms with Crippen molar-refractivity contribution in [2.75, 3.05) is 0 Å². The Morgan fingerprint density at radius 2 is 1.21 bits per heavy atom. The SMILES string of the molecule is [2H]c1c([2H])c([2H])c(-c2ccc3c4c(cccc24)-c2cc(-c4c([2H])c([2H])c5c(c4[2H])C4(c6ccccc6-c6c4ccc4ccccc64)c4c([2H])c([2H])c([2H])c([2H])c4-5)ccc2O3)c([2H])c1[2H]. The summed E-state index contributed by atoms with van der Waals surface area (Å²) in [4.78, 5) is 0. The van der Waals surface area contributed by atoms with Crippen molar-refractivity contribution in [2.24, 2.45) is 0 Å². The van der Waals surface area contributed by atoms with Crippen LogP contribution in [0, 0.1) is 0 Å². The minimum Gasteiger partial charge on any atom is -0.456 e. The smallest absolute Gasteiger partial charge is 0.135 e. The van der Waals surface area contributed by atoms with Gasteiger partial charge in [-0.3, -0.25) is 0 Å². The first-order valence-corrected chi connectivity index (χ1v) is 17.1. The Balaban J connectivity index is 1.15. The molecule has 9 aromatic rings. The van der Waals surface area contributed by atoms with Crippen LogP contribution in [0.2, 0.25) is 0 Å². The molecule has 1 heteroatoms. The Bertz CT molecular complexity index is 3660. The summed E-state index contributed by atoms with van der Waals surface area (Å²) in [6.45, 7) is 0. The molecule has 0 radical (unpaired) electrons. The number of rotatable bonds is 2. The summed E-state index contributed by atoms with van der Waals surface area (Å²) in [5, 5.41) is 3.16. The molecule has 9 aromatic carbocycles. The summed E-state index contributed by atoms with van der Waals surface area (Å²) >= 11 is 0. The van der Waals surface area contributed by atoms with Gasteiger partial charge in [-0.2, -0.15) is 0 Å². The summed E-state index contributed by atoms with van der Waals surface area (Å²) in [6.07, 6.45) is 0. The Morgan fingerprint density at radius 1 is 0.423 bits per heavy atom. The highest BCUT2D eigenvalue weighted by Crippen LogP contribution is 2.64. The van der Waals surface area contributed by atoms with E-state index in [1.54, 1.807) is 24.3 Å². The molecule has 2 aliphatic carbocycles. The van der Waals surface area contributed by atoms with Crippen molar-refractivity contribution in [1.82, 2.24) is 0 Å². The summed E-state index contributed by atoms with van der Waals surface area (Å²) in [7, 11) is 0. The zero-order valence-corrected chi connectivity index (χ0v) is 27.3. The van der Waals surface area contributed by atoms with E-state index in [1.165, 1.54) is 0 Å². The van der Waals surface area contributed by atoms with Gasteiger partial charge in [0.05, 0.1) is 21.9 Å². The maximum absolute atomic E-state index is 10.3. The quantitative estimate of drug-likeness (QED) is 0.178. The Labute approximate surface area is 318 Å². The largest absolute Gasteiger partial charge is 0.456 e. The first-order valence-electron chi connectivity index (χ1n) is 23.1. The van der Waals surface area contributed by atoms with Gasteiger partial charge in [-0.1, -0.05) is 157 Å². The second kappa shape index (κ2) is 10.2. The highest BCUT2D eigenvalue weighted by Gasteiger charge is 2.52. The monoisotopic (exact) mass is 670 g/mol. The first kappa shape index (κ1) is 19.1. The van der Waals surface area contributed by atoms with Gasteiger partial charge in [-0.05, 0) is 113 Å². The molecule has 1 spiro atoms. The molecular weight excluding hydrogens is 629 g/mol. The molecule has 3 aliphatic rings. The van der Waals surface area contributed by atoms with E-state index < -0.39 is 35.6 Å². The van der Waals surface area contributed by atoms with E-state index in [0.29, 0.717) is 50.1 Å². The van der Waals surface area contributed by atoms with Crippen LogP contribution in [0.4, 0.5) is 0 Å². The van der Waals surface area contributed by atoms with Crippen LogP contribution in [-0.4, -0.2) is 0 Å². The predicted molar refractivity (Wildman–Crippen MR) is 214 cm³/mol. The Morgan fingerprint density at radius 3 is 2.17 bits per heavy atom. The lowest BCUT2D eigenvalue weighted by Gasteiger charge is -2.31. The van der Waals surface area contributed by atoms with E-state index in [-0.39, 0.29) is 70.1 Å². The molecular formula is C51H30O. The summed E-state index contributed by atoms with van der Waals surface area (Å²) in [6, 6.07) is 29.8. The minimum atomic E-state index is -1.45. The lowest BCUT2D eigenvalue weighted by molar-refractivity contribution is 0.487. The van der Waals surface area contributed by atoms with Crippen LogP contribution < -0.4 is 4.74 Å². The van der Waals surface area contributed by atoms with Gasteiger partial charge in [0, 0.05) is 10.9 Å². The third-order valence-corrected chi connectivity index (χ3v) is 11.0. The van der Waals surface area contributed by atoms with Gasteiger partial charge in [0.2, 0.25) is 0 Å². The number of ether oxygens (including phenoxy) is 1. The standard InChI is InChI=1S/C51H30O/c1-2-11-31(12-3-1)35-25-28-48-50-39(35)17-10-18-40(50)42-29-33(23-27-47(42)52-48)34-21-24-38-37-15-6-8-19-43(37)51(46(38)30-34)44-20-9-7-16-41(44)49-36-14-5-4-13-32(36)22-26-45(49)51/h1-30H/i1D,2D,3D,6D,8D,11D,12D,15D,19D,21D,24D,30D. The Kier molecular flexibility index (Phi) is 3.73. The van der Waals surface area contributed by atoms with Crippen molar-refractivity contribution < 1.29 is 21.2 Å². The van der Waals surface area contributed by atoms with Gasteiger partial charge in [-0.25, -0.2) is 0 Å². The van der Waals surface area contributed by atoms with Crippen molar-refractivity contribution in [3.63, 3.8) is 0 Å². The molecule has 12 rings (SSSR count). The molecule has 1 atom stereocenters. The molecule has 1 aliphatic heterocycles. The van der Waals surface area contributed by atoms with Crippen LogP contribution in [0.25, 0.3) is 77.2 Å². The third kappa shape index (κ3) is 3.52. The number of hydrogen-bond acceptors (Lipinski definition) is 1. The van der Waals surface area contributed by atoms with Crippen LogP contribution in [-0.2, 0) is 5.41 Å². The van der Waals surface area contributed by atoms with Gasteiger partial charge >= 0.3 is 0 Å². The fourth-order valence-electron chi connectivity index (χ4n) is 8.90. The topological polar surface area (TPSA) is 9.23 Å². The highest BCUT2D eigenvalue weighted by molar-refractivity contribution is 6.10. The van der Waals surface area contributed by atoms with E-state index in [4.69, 9.17) is 14.3 Å². The summed E-state index contributed by atoms with van der Waals surface area (Å²) in [5.74, 6) is 0.990. The molecule has 0 saturated heterocycles. The zero-order chi connectivity index (χ0) is 44.4. The van der Waals surface area contributed by atoms with Crippen molar-refractivity contribution in [3.8, 4) is 67.1 Å². The average Bonchev–Trinajstić information content (AvgIpc) is 3.80. The normalized spacial score (nSPS) is 18.8. The number of hydrogen-bond donors (Lipinski definition) is 0. The molecule has 52 heavy (non-hydrogen) atoms. The maximum Gasteiger partial charge on any atom is 0.135 e. The van der Waals surface area contributed by atoms with Crippen LogP contribution in [0.5, 0.6) is 11.5 Å². The molecule has 0 amide bonds. The van der Waals surface area contributed by atoms with E-state index >= 15 is 0 Å². The van der Waals surface area contributed by atoms with E-state index in [9.17, 15) is 6.85 Å². The molecule has 0 N–H and O–H groups in total. The van der Waals surface area contributed by atoms with Gasteiger partial charge < -0.3 is 4.74 Å². The van der Waals surface area contributed by atoms with Gasteiger partial charge in [0.15, 0.2) is 0 Å². The lowest BCUT2D eigenvalue weighted by Crippen LogP contribution is -2.25. The second-order valence-corrected chi connectivity index (χ2v) is 13.4. The highest BCUT2D eigenvalue weighted by atomic mass is 16.5. The molecule has 0 saturated carbocycles. The number of fused-ring (bicyclic) bond motifs is 14. The van der Waals surface area contributed by atoms with Crippen LogP contribution in [0.1, 0.15) is 38.7 Å². The van der Waals surface area contributed by atoms with Crippen LogP contribution >= 0.6 is 0 Å². The number of benzene rings is 9. The van der Waals surface area contributed by atoms with Crippen molar-refractivity contribution in [2.45, 2.75) is 5.41 Å². The molecule has 0 aromatic heterocycles. The van der Waals surface area contributed by atoms with Gasteiger partial charge in [0.25, 0.3) is 0 Å². The summed E-state index contributed by atoms with van der Waals surface area (Å²) in [5.41, 5.74) is 4.96. The molecule has 1 nitrogen and oxygen atoms in total. The van der Waals surface area contributed by atoms with E-state index in [2.05, 4.69) is 0 Å². The van der Waals surface area contributed by atoms with Crippen LogP contribution in [0.3, 0.4) is 0 Å². The second-order valence-electron chi connectivity index (χ2n) is 13.4. The van der Waals surface area contributed by atoms with Gasteiger partial charge in [0.1, 0.15) is 11.5 Å². The first-order chi connectivity index (χ1) is 30.8. The Hall–Kier alpha value is -6.70. The molecule has 1 heterocycles. The fraction of sp³-hybridized carbons (Fsp3) is 0.0196. The van der Waals surface area contributed by atoms with E-state index in [0.717, 1.165) is 33.0 Å². The molecule has 0 bridgehead atoms. The van der Waals surface area contributed by atoms with Crippen molar-refractivity contribution in [3.05, 3.63) is 204 Å². The fourth-order valence-corrected chi connectivity index (χ4v) is 8.90.